The van der Waals surface area contributed by atoms with Gasteiger partial charge in [0.1, 0.15) is 24.1 Å². The van der Waals surface area contributed by atoms with Gasteiger partial charge in [-0.25, -0.2) is 4.79 Å². The van der Waals surface area contributed by atoms with Gasteiger partial charge in [0.15, 0.2) is 23.7 Å². The Morgan fingerprint density at radius 2 is 1.65 bits per heavy atom. The molecule has 308 valence electrons. The third kappa shape index (κ3) is 8.88. The Morgan fingerprint density at radius 3 is 2.22 bits per heavy atom. The summed E-state index contributed by atoms with van der Waals surface area (Å²) < 4.78 is 42.7. The normalized spacial score (nSPS) is 39.0. The number of cyclic esters (lactones) is 1. The van der Waals surface area contributed by atoms with Crippen LogP contribution in [0.3, 0.4) is 0 Å². The van der Waals surface area contributed by atoms with Crippen LogP contribution in [0.1, 0.15) is 74.7 Å². The molecule has 18 heteroatoms. The Morgan fingerprint density at radius 1 is 1.00 bits per heavy atom. The molecule has 0 spiro atoms. The van der Waals surface area contributed by atoms with E-state index in [2.05, 4.69) is 0 Å². The van der Waals surface area contributed by atoms with Gasteiger partial charge < -0.3 is 43.2 Å². The second kappa shape index (κ2) is 17.0. The van der Waals surface area contributed by atoms with E-state index in [0.717, 1.165) is 18.2 Å². The molecule has 3 aliphatic rings. The van der Waals surface area contributed by atoms with Gasteiger partial charge in [-0.05, 0) is 67.1 Å². The lowest BCUT2D eigenvalue weighted by molar-refractivity contribution is -0.395. The number of Topliss-reactive ketones (excluding diaryl/α,β-unsaturated/α-hetero) is 1. The number of likely N-dealkylation sites (N-methyl/N-ethyl adjacent to an activating group) is 1. The van der Waals surface area contributed by atoms with Crippen molar-refractivity contribution in [1.82, 2.24) is 4.90 Å². The number of non-ortho nitro benzene ring substituents is 1. The van der Waals surface area contributed by atoms with Crippen LogP contribution in [0, 0.1) is 43.9 Å². The second-order valence-electron chi connectivity index (χ2n) is 15.7. The average molecular weight is 782 g/mol. The van der Waals surface area contributed by atoms with Gasteiger partial charge in [-0.3, -0.25) is 29.8 Å². The van der Waals surface area contributed by atoms with E-state index in [0.29, 0.717) is 6.42 Å². The zero-order valence-electron chi connectivity index (χ0n) is 33.3. The first kappa shape index (κ1) is 43.8. The average Bonchev–Trinajstić information content (AvgIpc) is 3.44. The standard InChI is InChI=1S/C37H55N3O15/c1-12-27-37(8)32(54-35(44)55-37)20(4)28(41)18(2)17-36(7,49-11)31(53-34-29(42)25(38(9)10)15-19(3)50-34)21(5)30(22(6)33(43)52-27)51-26-14-13-23(39(45)46)16-24(26)40(47)48/h13-14,16,18-22,25,27,29-32,34,42H,12,15,17H2,1-11H3/t18-,19-,20+,21+,22-,25+,27-,29-,30+,31-,32+,34+,36-,37-/m1/s1. The summed E-state index contributed by atoms with van der Waals surface area (Å²) in [5, 5.41) is 35.4. The molecule has 55 heavy (non-hydrogen) atoms. The summed E-state index contributed by atoms with van der Waals surface area (Å²) in [6, 6.07) is 2.49. The van der Waals surface area contributed by atoms with Crippen molar-refractivity contribution in [2.45, 2.75) is 135 Å². The monoisotopic (exact) mass is 781 g/mol. The fraction of sp³-hybridized carbons (Fsp3) is 0.757. The summed E-state index contributed by atoms with van der Waals surface area (Å²) in [7, 11) is 5.05. The number of ether oxygens (including phenoxy) is 7. The number of nitrogens with zero attached hydrogens (tertiary/aromatic N) is 3. The highest BCUT2D eigenvalue weighted by atomic mass is 16.8. The lowest BCUT2D eigenvalue weighted by atomic mass is 9.74. The third-order valence-corrected chi connectivity index (χ3v) is 11.6. The molecule has 4 rings (SSSR count). The minimum Gasteiger partial charge on any atom is -0.482 e. The molecule has 0 unspecified atom stereocenters. The molecule has 3 heterocycles. The maximum absolute atomic E-state index is 14.3. The maximum atomic E-state index is 14.3. The van der Waals surface area contributed by atoms with E-state index >= 15 is 0 Å². The van der Waals surface area contributed by atoms with Gasteiger partial charge in [-0.1, -0.05) is 27.7 Å². The number of fused-ring (bicyclic) bond motifs is 1. The van der Waals surface area contributed by atoms with E-state index < -0.39 is 105 Å². The fourth-order valence-electron chi connectivity index (χ4n) is 8.41. The lowest BCUT2D eigenvalue weighted by Crippen LogP contribution is -2.60. The summed E-state index contributed by atoms with van der Waals surface area (Å²) in [6.45, 7) is 13.2. The first-order valence-corrected chi connectivity index (χ1v) is 18.5. The van der Waals surface area contributed by atoms with Gasteiger partial charge in [0.2, 0.25) is 0 Å². The summed E-state index contributed by atoms with van der Waals surface area (Å²) in [6.07, 6.45) is -7.89. The second-order valence-corrected chi connectivity index (χ2v) is 15.7. The number of hydrogen-bond donors (Lipinski definition) is 1. The molecule has 0 radical (unpaired) electrons. The summed E-state index contributed by atoms with van der Waals surface area (Å²) in [5.74, 6) is -5.42. The van der Waals surface area contributed by atoms with Gasteiger partial charge in [-0.15, -0.1) is 0 Å². The van der Waals surface area contributed by atoms with Crippen LogP contribution >= 0.6 is 0 Å². The van der Waals surface area contributed by atoms with E-state index in [9.17, 15) is 39.7 Å². The fourth-order valence-corrected chi connectivity index (χ4v) is 8.41. The molecule has 3 saturated heterocycles. The Hall–Kier alpha value is -3.97. The molecule has 0 aromatic heterocycles. The minimum absolute atomic E-state index is 0.00975. The zero-order valence-corrected chi connectivity index (χ0v) is 33.3. The molecule has 0 bridgehead atoms. The summed E-state index contributed by atoms with van der Waals surface area (Å²) in [4.78, 5) is 65.2. The van der Waals surface area contributed by atoms with Crippen LogP contribution in [0.15, 0.2) is 18.2 Å². The number of aliphatic hydroxyl groups excluding tert-OH is 1. The van der Waals surface area contributed by atoms with Crippen LogP contribution in [0.5, 0.6) is 5.75 Å². The zero-order chi connectivity index (χ0) is 41.3. The lowest BCUT2D eigenvalue weighted by Gasteiger charge is -2.48. The molecule has 1 aromatic rings. The van der Waals surface area contributed by atoms with Crippen LogP contribution in [0.25, 0.3) is 0 Å². The van der Waals surface area contributed by atoms with Crippen molar-refractivity contribution >= 4 is 29.3 Å². The number of nitro benzene ring substituents is 2. The summed E-state index contributed by atoms with van der Waals surface area (Å²) >= 11 is 0. The number of rotatable bonds is 9. The number of carbonyl (C=O) groups excluding carboxylic acids is 3. The van der Waals surface area contributed by atoms with Crippen molar-refractivity contribution < 1.29 is 62.5 Å². The topological polar surface area (TPSA) is 226 Å². The molecule has 18 nitrogen and oxygen atoms in total. The van der Waals surface area contributed by atoms with E-state index in [1.54, 1.807) is 34.6 Å². The van der Waals surface area contributed by atoms with Gasteiger partial charge in [0.05, 0.1) is 45.6 Å². The van der Waals surface area contributed by atoms with Gasteiger partial charge >= 0.3 is 17.8 Å². The number of carbonyl (C=O) groups is 3. The Labute approximate surface area is 320 Å². The number of nitro groups is 2. The van der Waals surface area contributed by atoms with Gasteiger partial charge in [0.25, 0.3) is 5.69 Å². The first-order chi connectivity index (χ1) is 25.6. The van der Waals surface area contributed by atoms with Crippen LogP contribution < -0.4 is 4.74 Å². The van der Waals surface area contributed by atoms with Crippen molar-refractivity contribution in [2.75, 3.05) is 21.2 Å². The molecule has 1 aromatic carbocycles. The predicted molar refractivity (Wildman–Crippen MR) is 193 cm³/mol. The van der Waals surface area contributed by atoms with Gasteiger partial charge in [-0.2, -0.15) is 0 Å². The Kier molecular flexibility index (Phi) is 13.6. The van der Waals surface area contributed by atoms with Crippen LogP contribution in [0.4, 0.5) is 16.2 Å². The minimum atomic E-state index is -1.58. The number of ketones is 1. The Balaban J connectivity index is 1.94. The highest BCUT2D eigenvalue weighted by molar-refractivity contribution is 5.84. The van der Waals surface area contributed by atoms with E-state index in [4.69, 9.17) is 33.2 Å². The molecular weight excluding hydrogens is 726 g/mol. The quantitative estimate of drug-likeness (QED) is 0.205. The van der Waals surface area contributed by atoms with Crippen molar-refractivity contribution in [3.05, 3.63) is 38.4 Å². The smallest absolute Gasteiger partial charge is 0.482 e. The van der Waals surface area contributed by atoms with E-state index in [1.807, 2.05) is 25.9 Å². The van der Waals surface area contributed by atoms with E-state index in [1.165, 1.54) is 21.0 Å². The molecule has 0 amide bonds. The molecule has 0 saturated carbocycles. The molecular formula is C37H55N3O15. The maximum Gasteiger partial charge on any atom is 0.509 e. The highest BCUT2D eigenvalue weighted by Crippen LogP contribution is 2.43. The molecule has 1 N–H and O–H groups in total. The number of benzene rings is 1. The number of hydrogen-bond acceptors (Lipinski definition) is 16. The van der Waals surface area contributed by atoms with E-state index in [-0.39, 0.29) is 36.5 Å². The predicted octanol–water partition coefficient (Wildman–Crippen LogP) is 4.60. The van der Waals surface area contributed by atoms with Crippen LogP contribution in [0.2, 0.25) is 0 Å². The number of aliphatic hydroxyl groups is 1. The SMILES string of the molecule is CC[C@H]1OC(=O)[C@H](C)[C@@H](Oc2ccc([N+](=O)[O-])cc2[N+](=O)[O-])[C@H](C)[C@@H](O[C@@H]2O[C@H](C)C[C@H](N(C)C)[C@H]2O)[C@](C)(OC)C[C@@H](C)C(=O)[C@H](C)[C@@H]2OC(=O)O[C@]12C. The Bertz CT molecular complexity index is 1610. The van der Waals surface area contributed by atoms with Crippen molar-refractivity contribution in [3.8, 4) is 5.75 Å². The molecule has 3 aliphatic heterocycles. The van der Waals surface area contributed by atoms with Crippen molar-refractivity contribution in [2.24, 2.45) is 23.7 Å². The first-order valence-electron chi connectivity index (χ1n) is 18.5. The number of methoxy groups -OCH3 is 1. The molecule has 14 atom stereocenters. The summed E-state index contributed by atoms with van der Waals surface area (Å²) in [5.41, 5.74) is -4.27. The molecule has 0 aliphatic carbocycles. The van der Waals surface area contributed by atoms with Crippen molar-refractivity contribution in [1.29, 1.82) is 0 Å². The van der Waals surface area contributed by atoms with Crippen molar-refractivity contribution in [3.63, 3.8) is 0 Å². The van der Waals surface area contributed by atoms with Crippen LogP contribution in [-0.2, 0) is 38.0 Å². The molecule has 3 fully saturated rings. The largest absolute Gasteiger partial charge is 0.509 e. The highest BCUT2D eigenvalue weighted by Gasteiger charge is 2.59. The van der Waals surface area contributed by atoms with Crippen LogP contribution in [-0.4, -0.2) is 119 Å². The van der Waals surface area contributed by atoms with Gasteiger partial charge in [0, 0.05) is 31.1 Å². The third-order valence-electron chi connectivity index (χ3n) is 11.6. The number of esters is 1.